The number of benzene rings is 2. The minimum Gasteiger partial charge on any atom is -0.507 e. The summed E-state index contributed by atoms with van der Waals surface area (Å²) in [5, 5.41) is 28.8. The number of carbonyl (C=O) groups excluding carboxylic acids is 4. The maximum Gasteiger partial charge on any atom is 0.262 e. The molecule has 4 N–H and O–H groups in total. The maximum atomic E-state index is 13.3. The Labute approximate surface area is 307 Å². The highest BCUT2D eigenvalue weighted by Crippen LogP contribution is 2.37. The summed E-state index contributed by atoms with van der Waals surface area (Å²) < 4.78 is 0. The van der Waals surface area contributed by atoms with Gasteiger partial charge in [0, 0.05) is 69.5 Å². The normalized spacial score (nSPS) is 26.1. The fourth-order valence-electron chi connectivity index (χ4n) is 9.14. The molecule has 2 atom stereocenters. The van der Waals surface area contributed by atoms with Crippen LogP contribution in [0.15, 0.2) is 48.5 Å². The Morgan fingerprint density at radius 3 is 2.47 bits per heavy atom. The molecule has 6 aliphatic rings. The number of para-hydroxylation sites is 1. The highest BCUT2D eigenvalue weighted by atomic mass is 16.3. The fraction of sp³-hybridized carbons (Fsp3) is 0.487. The van der Waals surface area contributed by atoms with Crippen LogP contribution in [0.3, 0.4) is 0 Å². The number of rotatable bonds is 8. The molecule has 0 radical (unpaired) electrons. The average Bonchev–Trinajstić information content (AvgIpc) is 3.40. The van der Waals surface area contributed by atoms with Crippen molar-refractivity contribution in [2.24, 2.45) is 11.8 Å². The summed E-state index contributed by atoms with van der Waals surface area (Å²) in [7, 11) is 0. The van der Waals surface area contributed by atoms with Crippen molar-refractivity contribution in [3.8, 4) is 17.0 Å². The van der Waals surface area contributed by atoms with Gasteiger partial charge in [-0.05, 0) is 86.9 Å². The van der Waals surface area contributed by atoms with Crippen molar-refractivity contribution in [3.05, 3.63) is 59.7 Å². The number of fused-ring (bicyclic) bond motifs is 4. The van der Waals surface area contributed by atoms with Crippen molar-refractivity contribution < 1.29 is 24.3 Å². The first-order chi connectivity index (χ1) is 25.8. The number of hydrogen-bond donors (Lipinski definition) is 4. The molecule has 6 heterocycles. The molecule has 1 aliphatic carbocycles. The second-order valence-electron chi connectivity index (χ2n) is 15.5. The minimum atomic E-state index is -0.954. The summed E-state index contributed by atoms with van der Waals surface area (Å²) in [5.41, 5.74) is 4.00. The molecule has 2 unspecified atom stereocenters. The molecule has 4 fully saturated rings. The van der Waals surface area contributed by atoms with Gasteiger partial charge in [-0.1, -0.05) is 12.1 Å². The van der Waals surface area contributed by atoms with Crippen LogP contribution >= 0.6 is 0 Å². The van der Waals surface area contributed by atoms with Gasteiger partial charge in [0.2, 0.25) is 11.8 Å². The van der Waals surface area contributed by atoms with E-state index in [1.165, 1.54) is 12.8 Å². The topological polar surface area (TPSA) is 163 Å². The highest BCUT2D eigenvalue weighted by molar-refractivity contribution is 6.23. The number of aromatic hydroxyl groups is 1. The number of carbonyl (C=O) groups is 4. The van der Waals surface area contributed by atoms with Crippen LogP contribution in [0.4, 0.5) is 17.2 Å². The lowest BCUT2D eigenvalue weighted by Gasteiger charge is -2.48. The third-order valence-corrected chi connectivity index (χ3v) is 12.2. The lowest BCUT2D eigenvalue weighted by molar-refractivity contribution is -0.136. The zero-order valence-corrected chi connectivity index (χ0v) is 29.7. The number of piperazine rings is 1. The van der Waals surface area contributed by atoms with Gasteiger partial charge >= 0.3 is 0 Å². The number of imide groups is 2. The number of anilines is 3. The van der Waals surface area contributed by atoms with Crippen LogP contribution in [0.5, 0.6) is 5.75 Å². The van der Waals surface area contributed by atoms with Crippen LogP contribution in [0.1, 0.15) is 59.2 Å². The molecule has 5 aliphatic heterocycles. The van der Waals surface area contributed by atoms with Crippen LogP contribution in [0, 0.1) is 11.8 Å². The third kappa shape index (κ3) is 6.37. The summed E-state index contributed by atoms with van der Waals surface area (Å²) in [6.07, 6.45) is 4.79. The Hall–Kier alpha value is -5.08. The molecule has 3 aromatic rings. The van der Waals surface area contributed by atoms with Gasteiger partial charge in [-0.15, -0.1) is 10.2 Å². The van der Waals surface area contributed by atoms with E-state index in [2.05, 4.69) is 46.9 Å². The van der Waals surface area contributed by atoms with Gasteiger partial charge in [0.15, 0.2) is 5.82 Å². The molecule has 3 saturated heterocycles. The van der Waals surface area contributed by atoms with E-state index in [-0.39, 0.29) is 24.5 Å². The molecular formula is C39H45N9O5. The number of phenolic OH excluding ortho intramolecular Hbond substituents is 1. The van der Waals surface area contributed by atoms with E-state index in [1.54, 1.807) is 18.2 Å². The summed E-state index contributed by atoms with van der Waals surface area (Å²) in [5.74, 6) is 0.417. The Morgan fingerprint density at radius 2 is 1.66 bits per heavy atom. The molecule has 0 bridgehead atoms. The predicted octanol–water partition coefficient (Wildman–Crippen LogP) is 2.45. The van der Waals surface area contributed by atoms with Gasteiger partial charge in [-0.2, -0.15) is 0 Å². The van der Waals surface area contributed by atoms with Crippen molar-refractivity contribution >= 4 is 40.8 Å². The van der Waals surface area contributed by atoms with E-state index >= 15 is 0 Å². The van der Waals surface area contributed by atoms with Crippen molar-refractivity contribution in [2.45, 2.75) is 56.7 Å². The van der Waals surface area contributed by atoms with Crippen LogP contribution in [-0.4, -0.2) is 119 Å². The van der Waals surface area contributed by atoms with E-state index in [4.69, 9.17) is 0 Å². The molecule has 276 valence electrons. The lowest BCUT2D eigenvalue weighted by atomic mass is 9.79. The average molecular weight is 720 g/mol. The second kappa shape index (κ2) is 13.7. The molecule has 14 heteroatoms. The summed E-state index contributed by atoms with van der Waals surface area (Å²) in [4.78, 5) is 58.8. The van der Waals surface area contributed by atoms with Gasteiger partial charge in [-0.3, -0.25) is 34.3 Å². The van der Waals surface area contributed by atoms with Crippen molar-refractivity contribution in [3.63, 3.8) is 0 Å². The summed E-state index contributed by atoms with van der Waals surface area (Å²) in [6, 6.07) is 14.7. The Kier molecular flexibility index (Phi) is 8.73. The minimum absolute atomic E-state index is 0.106. The first kappa shape index (κ1) is 33.7. The Bertz CT molecular complexity index is 1960. The molecule has 2 aromatic carbocycles. The smallest absolute Gasteiger partial charge is 0.262 e. The molecular weight excluding hydrogens is 674 g/mol. The van der Waals surface area contributed by atoms with E-state index in [1.807, 2.05) is 24.3 Å². The zero-order chi connectivity index (χ0) is 36.2. The van der Waals surface area contributed by atoms with Crippen LogP contribution in [0.25, 0.3) is 11.3 Å². The molecule has 1 saturated carbocycles. The SMILES string of the molecule is O=C1CCC(N2C(=O)c3ccc(N4CCC(CNC5CC(CN6CCN7c8cc(-c9ccccc9O)nnc8NCC7C6)C5)CC4)cc3C2=O)C(=O)N1. The Balaban J connectivity index is 0.714. The third-order valence-electron chi connectivity index (χ3n) is 12.2. The second-order valence-corrected chi connectivity index (χ2v) is 15.5. The number of amides is 4. The Morgan fingerprint density at radius 1 is 0.849 bits per heavy atom. The molecule has 0 spiro atoms. The quantitative estimate of drug-likeness (QED) is 0.252. The van der Waals surface area contributed by atoms with Crippen molar-refractivity contribution in [1.29, 1.82) is 0 Å². The molecule has 14 nitrogen and oxygen atoms in total. The van der Waals surface area contributed by atoms with Gasteiger partial charge in [0.1, 0.15) is 11.8 Å². The number of phenols is 1. The van der Waals surface area contributed by atoms with Gasteiger partial charge in [0.05, 0.1) is 28.6 Å². The van der Waals surface area contributed by atoms with Gasteiger partial charge < -0.3 is 25.5 Å². The number of nitrogens with one attached hydrogen (secondary N) is 3. The molecule has 53 heavy (non-hydrogen) atoms. The van der Waals surface area contributed by atoms with Crippen molar-refractivity contribution in [1.82, 2.24) is 30.6 Å². The van der Waals surface area contributed by atoms with Crippen LogP contribution in [-0.2, 0) is 9.59 Å². The zero-order valence-electron chi connectivity index (χ0n) is 29.7. The first-order valence-corrected chi connectivity index (χ1v) is 19.0. The van der Waals surface area contributed by atoms with Crippen molar-refractivity contribution in [2.75, 3.05) is 67.5 Å². The number of nitrogens with zero attached hydrogens (tertiary/aromatic N) is 6. The lowest BCUT2D eigenvalue weighted by Crippen LogP contribution is -2.59. The van der Waals surface area contributed by atoms with Crippen LogP contribution < -0.4 is 25.8 Å². The monoisotopic (exact) mass is 719 g/mol. The molecule has 4 amide bonds. The fourth-order valence-corrected chi connectivity index (χ4v) is 9.14. The molecule has 1 aromatic heterocycles. The van der Waals surface area contributed by atoms with Gasteiger partial charge in [0.25, 0.3) is 11.8 Å². The van der Waals surface area contributed by atoms with Crippen LogP contribution in [0.2, 0.25) is 0 Å². The van der Waals surface area contributed by atoms with E-state index in [0.717, 1.165) is 87.3 Å². The standard InChI is InChI=1S/C39H45N9O5/c49-34-4-2-1-3-29(34)31-18-33-36(44-43-31)41-20-27-22-45(13-14-47(27)33)21-24-15-25(16-24)40-19-23-9-11-46(12-10-23)26-5-6-28-30(17-26)39(53)48(38(28)52)32-7-8-35(50)42-37(32)51/h1-6,17-18,23-25,27,32,40,49H,7-16,19-22H2,(H,41,44)(H,42,50,51). The number of hydrogen-bond acceptors (Lipinski definition) is 12. The summed E-state index contributed by atoms with van der Waals surface area (Å²) in [6.45, 7) is 7.73. The van der Waals surface area contributed by atoms with E-state index in [0.29, 0.717) is 46.3 Å². The summed E-state index contributed by atoms with van der Waals surface area (Å²) >= 11 is 0. The first-order valence-electron chi connectivity index (χ1n) is 19.0. The van der Waals surface area contributed by atoms with Gasteiger partial charge in [-0.25, -0.2) is 0 Å². The highest BCUT2D eigenvalue weighted by Gasteiger charge is 2.45. The number of aromatic nitrogens is 2. The van der Waals surface area contributed by atoms with E-state index in [9.17, 15) is 24.3 Å². The maximum absolute atomic E-state index is 13.3. The number of piperidine rings is 2. The largest absolute Gasteiger partial charge is 0.507 e. The van der Waals surface area contributed by atoms with E-state index < -0.39 is 23.8 Å². The molecule has 9 rings (SSSR count). The predicted molar refractivity (Wildman–Crippen MR) is 198 cm³/mol.